The molecule has 3 heterocycles. The van der Waals surface area contributed by atoms with Crippen LogP contribution in [0.3, 0.4) is 0 Å². The van der Waals surface area contributed by atoms with Crippen molar-refractivity contribution in [1.82, 2.24) is 14.5 Å². The molecule has 0 amide bonds. The highest BCUT2D eigenvalue weighted by atomic mass is 79.9. The number of pyridine rings is 3. The van der Waals surface area contributed by atoms with E-state index >= 15 is 0 Å². The molecule has 0 saturated heterocycles. The number of benzene rings is 2. The number of fused-ring (bicyclic) bond motifs is 2. The number of Topliss-reactive ketones (excluding diaryl/α,β-unsaturated/α-hetero) is 2. The second-order valence-corrected chi connectivity index (χ2v) is 13.9. The minimum absolute atomic E-state index is 0.000944. The molecule has 9 heteroatoms. The Labute approximate surface area is 300 Å². The fourth-order valence-electron chi connectivity index (χ4n) is 6.50. The summed E-state index contributed by atoms with van der Waals surface area (Å²) in [7, 11) is 1.76. The van der Waals surface area contributed by atoms with Gasteiger partial charge in [0.15, 0.2) is 0 Å². The van der Waals surface area contributed by atoms with E-state index in [2.05, 4.69) is 38.0 Å². The molecule has 50 heavy (non-hydrogen) atoms. The van der Waals surface area contributed by atoms with Crippen LogP contribution in [0, 0.1) is 6.92 Å². The lowest BCUT2D eigenvalue weighted by Crippen LogP contribution is -2.19. The van der Waals surface area contributed by atoms with Gasteiger partial charge in [-0.1, -0.05) is 34.1 Å². The average Bonchev–Trinajstić information content (AvgIpc) is 3.11. The summed E-state index contributed by atoms with van der Waals surface area (Å²) in [6, 6.07) is 17.8. The normalized spacial score (nSPS) is 14.8. The van der Waals surface area contributed by atoms with Crippen LogP contribution in [0.15, 0.2) is 94.8 Å². The fraction of sp³-hybridized carbons (Fsp3) is 0.293. The third-order valence-corrected chi connectivity index (χ3v) is 9.73. The summed E-state index contributed by atoms with van der Waals surface area (Å²) in [5, 5.41) is 0. The Bertz CT molecular complexity index is 2070. The van der Waals surface area contributed by atoms with Gasteiger partial charge in [-0.25, -0.2) is 0 Å². The van der Waals surface area contributed by atoms with E-state index in [4.69, 9.17) is 9.47 Å². The van der Waals surface area contributed by atoms with Crippen LogP contribution in [0.4, 0.5) is 0 Å². The number of ketones is 2. The van der Waals surface area contributed by atoms with Gasteiger partial charge in [0.2, 0.25) is 0 Å². The number of hydrogen-bond acceptors (Lipinski definition) is 7. The van der Waals surface area contributed by atoms with Crippen molar-refractivity contribution in [2.24, 2.45) is 7.05 Å². The first kappa shape index (κ1) is 35.0. The van der Waals surface area contributed by atoms with E-state index in [1.165, 1.54) is 5.56 Å². The Morgan fingerprint density at radius 2 is 1.26 bits per heavy atom. The summed E-state index contributed by atoms with van der Waals surface area (Å²) < 4.78 is 15.0. The summed E-state index contributed by atoms with van der Waals surface area (Å²) in [5.74, 6) is 2.04. The van der Waals surface area contributed by atoms with Crippen molar-refractivity contribution < 1.29 is 19.1 Å². The molecule has 0 saturated carbocycles. The first-order valence-electron chi connectivity index (χ1n) is 16.9. The minimum Gasteiger partial charge on any atom is -0.486 e. The van der Waals surface area contributed by atoms with Gasteiger partial charge in [0, 0.05) is 96.0 Å². The Hall–Kier alpha value is -4.89. The first-order valence-corrected chi connectivity index (χ1v) is 17.7. The zero-order valence-electron chi connectivity index (χ0n) is 28.7. The maximum atomic E-state index is 12.1. The van der Waals surface area contributed by atoms with Crippen LogP contribution in [0.1, 0.15) is 77.8 Å². The van der Waals surface area contributed by atoms with E-state index in [1.54, 1.807) is 36.4 Å². The van der Waals surface area contributed by atoms with Crippen molar-refractivity contribution in [3.05, 3.63) is 139 Å². The minimum atomic E-state index is -0.193. The van der Waals surface area contributed by atoms with E-state index < -0.39 is 0 Å². The monoisotopic (exact) mass is 733 g/mol. The van der Waals surface area contributed by atoms with Gasteiger partial charge in [-0.2, -0.15) is 0 Å². The second kappa shape index (κ2) is 15.3. The van der Waals surface area contributed by atoms with Crippen LogP contribution in [0.5, 0.6) is 11.5 Å². The molecule has 3 aromatic heterocycles. The molecule has 8 nitrogen and oxygen atoms in total. The SMILES string of the molecule is CC(Oc1cc(Br)cc2c1CC(=O)CC2)c1cccnc1.Cc1cc(-c2cc3c(c(OC(C)c4cccnc4)c2)CC(=O)CC3)cn(C)c1=O. The van der Waals surface area contributed by atoms with Gasteiger partial charge in [-0.15, -0.1) is 0 Å². The van der Waals surface area contributed by atoms with Gasteiger partial charge in [-0.3, -0.25) is 24.4 Å². The Balaban J connectivity index is 0.000000182. The molecular formula is C41H40BrN3O5. The molecule has 2 unspecified atom stereocenters. The van der Waals surface area contributed by atoms with Crippen molar-refractivity contribution in [2.75, 3.05) is 0 Å². The van der Waals surface area contributed by atoms with Crippen molar-refractivity contribution in [1.29, 1.82) is 0 Å². The number of halogens is 1. The molecule has 0 bridgehead atoms. The van der Waals surface area contributed by atoms with Crippen LogP contribution in [-0.4, -0.2) is 26.1 Å². The molecule has 0 spiro atoms. The molecule has 2 aliphatic carbocycles. The predicted molar refractivity (Wildman–Crippen MR) is 197 cm³/mol. The van der Waals surface area contributed by atoms with Crippen LogP contribution in [0.2, 0.25) is 0 Å². The smallest absolute Gasteiger partial charge is 0.253 e. The lowest BCUT2D eigenvalue weighted by Gasteiger charge is -2.23. The molecule has 0 aliphatic heterocycles. The highest BCUT2D eigenvalue weighted by molar-refractivity contribution is 9.10. The lowest BCUT2D eigenvalue weighted by molar-refractivity contribution is -0.119. The maximum Gasteiger partial charge on any atom is 0.253 e. The molecule has 7 rings (SSSR count). The third kappa shape index (κ3) is 8.11. The predicted octanol–water partition coefficient (Wildman–Crippen LogP) is 8.00. The van der Waals surface area contributed by atoms with Gasteiger partial charge in [-0.05, 0) is 92.3 Å². The van der Waals surface area contributed by atoms with Gasteiger partial charge in [0.25, 0.3) is 5.56 Å². The summed E-state index contributed by atoms with van der Waals surface area (Å²) >= 11 is 3.53. The standard InChI is InChI=1S/C24H24N2O3.C17H16BrNO2/c1-15-9-20(14-26(3)24(15)28)19-10-17-6-7-21(27)12-22(17)23(11-19)29-16(2)18-5-4-8-25-13-18;1-11(13-3-2-6-19-10-13)21-17-8-14(18)7-12-4-5-15(20)9-16(12)17/h4-5,8-11,13-14,16H,6-7,12H2,1-3H3;2-3,6-8,10-11H,4-5,9H2,1H3. The Morgan fingerprint density at radius 1 is 0.720 bits per heavy atom. The van der Waals surface area contributed by atoms with E-state index in [0.717, 1.165) is 61.3 Å². The molecule has 5 aromatic rings. The topological polar surface area (TPSA) is 100 Å². The zero-order chi connectivity index (χ0) is 35.4. The quantitative estimate of drug-likeness (QED) is 0.167. The van der Waals surface area contributed by atoms with Crippen molar-refractivity contribution >= 4 is 27.5 Å². The lowest BCUT2D eigenvalue weighted by atomic mass is 9.87. The van der Waals surface area contributed by atoms with Crippen LogP contribution in [0.25, 0.3) is 11.1 Å². The number of carbonyl (C=O) groups excluding carboxylic acids is 2. The highest BCUT2D eigenvalue weighted by Gasteiger charge is 2.24. The molecule has 0 radical (unpaired) electrons. The summed E-state index contributed by atoms with van der Waals surface area (Å²) in [4.78, 5) is 44.2. The summed E-state index contributed by atoms with van der Waals surface area (Å²) in [6.07, 6.45) is 12.2. The number of rotatable bonds is 7. The van der Waals surface area contributed by atoms with Crippen molar-refractivity contribution in [3.8, 4) is 22.6 Å². The van der Waals surface area contributed by atoms with Gasteiger partial charge in [0.05, 0.1) is 0 Å². The van der Waals surface area contributed by atoms with E-state index in [-0.39, 0.29) is 29.3 Å². The van der Waals surface area contributed by atoms with Crippen molar-refractivity contribution in [3.63, 3.8) is 0 Å². The van der Waals surface area contributed by atoms with E-state index in [1.807, 2.05) is 69.4 Å². The van der Waals surface area contributed by atoms with Crippen LogP contribution < -0.4 is 15.0 Å². The van der Waals surface area contributed by atoms with Crippen LogP contribution >= 0.6 is 15.9 Å². The van der Waals surface area contributed by atoms with E-state index in [9.17, 15) is 14.4 Å². The van der Waals surface area contributed by atoms with Gasteiger partial charge < -0.3 is 14.0 Å². The molecule has 2 atom stereocenters. The third-order valence-electron chi connectivity index (χ3n) is 9.27. The van der Waals surface area contributed by atoms with Gasteiger partial charge in [0.1, 0.15) is 35.3 Å². The fourth-order valence-corrected chi connectivity index (χ4v) is 6.98. The van der Waals surface area contributed by atoms with E-state index in [0.29, 0.717) is 37.7 Å². The molecule has 256 valence electrons. The Kier molecular flexibility index (Phi) is 10.7. The summed E-state index contributed by atoms with van der Waals surface area (Å²) in [5.41, 5.74) is 9.00. The van der Waals surface area contributed by atoms with Crippen molar-refractivity contribution in [2.45, 2.75) is 71.5 Å². The number of hydrogen-bond donors (Lipinski definition) is 0. The molecule has 0 fully saturated rings. The Morgan fingerprint density at radius 3 is 1.78 bits per heavy atom. The molecule has 2 aliphatic rings. The maximum absolute atomic E-state index is 12.1. The molecule has 2 aromatic carbocycles. The molecular weight excluding hydrogens is 694 g/mol. The number of aromatic nitrogens is 3. The number of nitrogens with zero attached hydrogens (tertiary/aromatic N) is 3. The van der Waals surface area contributed by atoms with Gasteiger partial charge >= 0.3 is 0 Å². The van der Waals surface area contributed by atoms with Crippen LogP contribution in [-0.2, 0) is 42.3 Å². The number of ether oxygens (including phenoxy) is 2. The number of carbonyl (C=O) groups is 2. The molecule has 0 N–H and O–H groups in total. The summed E-state index contributed by atoms with van der Waals surface area (Å²) in [6.45, 7) is 5.80. The zero-order valence-corrected chi connectivity index (χ0v) is 30.3. The number of aryl methyl sites for hydroxylation is 4. The first-order chi connectivity index (χ1) is 24.0. The second-order valence-electron chi connectivity index (χ2n) is 13.0. The largest absolute Gasteiger partial charge is 0.486 e. The average molecular weight is 735 g/mol. The highest BCUT2D eigenvalue weighted by Crippen LogP contribution is 2.37.